The Morgan fingerprint density at radius 2 is 1.23 bits per heavy atom. The highest BCUT2D eigenvalue weighted by molar-refractivity contribution is 6.18. The minimum atomic E-state index is 0.136. The first kappa shape index (κ1) is 23.1. The van der Waals surface area contributed by atoms with Crippen LogP contribution >= 0.6 is 0 Å². The number of fused-ring (bicyclic) bond motifs is 4. The average molecular weight is 468 g/mol. The highest BCUT2D eigenvalue weighted by Gasteiger charge is 2.29. The molecule has 0 unspecified atom stereocenters. The maximum Gasteiger partial charge on any atom is 0.166 e. The zero-order chi connectivity index (χ0) is 24.9. The van der Waals surface area contributed by atoms with Gasteiger partial charge in [-0.2, -0.15) is 0 Å². The Hall–Kier alpha value is -3.67. The van der Waals surface area contributed by atoms with E-state index in [-0.39, 0.29) is 5.76 Å². The molecule has 0 saturated carbocycles. The predicted molar refractivity (Wildman–Crippen MR) is 144 cm³/mol. The van der Waals surface area contributed by atoms with Gasteiger partial charge in [-0.15, -0.1) is 0 Å². The highest BCUT2D eigenvalue weighted by Crippen LogP contribution is 2.37. The van der Waals surface area contributed by atoms with E-state index in [1.807, 2.05) is 19.1 Å². The molecule has 0 amide bonds. The third-order valence-corrected chi connectivity index (χ3v) is 7.33. The number of nitrogens with one attached hydrogen (secondary N) is 2. The zero-order valence-corrected chi connectivity index (χ0v) is 21.4. The number of aliphatic imine (C=N–C) groups is 3. The van der Waals surface area contributed by atoms with Crippen molar-refractivity contribution in [2.75, 3.05) is 0 Å². The monoisotopic (exact) mass is 467 g/mol. The van der Waals surface area contributed by atoms with Gasteiger partial charge in [-0.05, 0) is 97.3 Å². The highest BCUT2D eigenvalue weighted by atomic mass is 16.3. The first-order valence-electron chi connectivity index (χ1n) is 12.6. The minimum Gasteiger partial charge on any atom is -0.504 e. The summed E-state index contributed by atoms with van der Waals surface area (Å²) in [6.07, 6.45) is 11.7. The van der Waals surface area contributed by atoms with Crippen molar-refractivity contribution < 1.29 is 5.11 Å². The van der Waals surface area contributed by atoms with Gasteiger partial charge in [-0.1, -0.05) is 27.7 Å². The van der Waals surface area contributed by atoms with Gasteiger partial charge in [0.2, 0.25) is 0 Å². The summed E-state index contributed by atoms with van der Waals surface area (Å²) in [4.78, 5) is 15.0. The summed E-state index contributed by atoms with van der Waals surface area (Å²) < 4.78 is 0. The van der Waals surface area contributed by atoms with Crippen LogP contribution in [0.3, 0.4) is 0 Å². The molecule has 3 N–H and O–H groups in total. The lowest BCUT2D eigenvalue weighted by Crippen LogP contribution is -2.24. The Morgan fingerprint density at radius 3 is 1.89 bits per heavy atom. The Balaban J connectivity index is 1.80. The summed E-state index contributed by atoms with van der Waals surface area (Å²) in [6.45, 7) is 12.8. The number of allylic oxidation sites excluding steroid dienone is 10. The molecule has 5 rings (SSSR count). The van der Waals surface area contributed by atoms with Crippen molar-refractivity contribution in [2.24, 2.45) is 15.0 Å². The summed E-state index contributed by atoms with van der Waals surface area (Å²) in [5, 5.41) is 11.2. The van der Waals surface area contributed by atoms with Crippen molar-refractivity contribution in [2.45, 2.75) is 67.2 Å². The molecule has 0 aromatic carbocycles. The number of nitrogens with zero attached hydrogens (tertiary/aromatic N) is 3. The van der Waals surface area contributed by atoms with Gasteiger partial charge in [0.15, 0.2) is 5.76 Å². The van der Waals surface area contributed by atoms with E-state index in [0.29, 0.717) is 11.4 Å². The second kappa shape index (κ2) is 8.84. The summed E-state index contributed by atoms with van der Waals surface area (Å²) >= 11 is 0. The van der Waals surface area contributed by atoms with E-state index >= 15 is 0 Å². The van der Waals surface area contributed by atoms with E-state index in [2.05, 4.69) is 57.6 Å². The van der Waals surface area contributed by atoms with E-state index in [9.17, 15) is 5.11 Å². The Kier molecular flexibility index (Phi) is 5.83. The van der Waals surface area contributed by atoms with Crippen molar-refractivity contribution in [3.05, 3.63) is 92.0 Å². The number of hydrogen-bond acceptors (Lipinski definition) is 6. The van der Waals surface area contributed by atoms with Gasteiger partial charge in [0.25, 0.3) is 0 Å². The molecule has 0 atom stereocenters. The summed E-state index contributed by atoms with van der Waals surface area (Å²) in [7, 11) is 0. The quantitative estimate of drug-likeness (QED) is 0.451. The molecular weight excluding hydrogens is 434 g/mol. The molecule has 0 aromatic heterocycles. The van der Waals surface area contributed by atoms with Crippen LogP contribution in [-0.4, -0.2) is 22.2 Å². The summed E-state index contributed by atoms with van der Waals surface area (Å²) in [5.74, 6) is 0.136. The van der Waals surface area contributed by atoms with Gasteiger partial charge in [0.1, 0.15) is 11.4 Å². The molecule has 6 nitrogen and oxygen atoms in total. The molecule has 0 radical (unpaired) electrons. The van der Waals surface area contributed by atoms with Crippen LogP contribution in [-0.2, 0) is 0 Å². The van der Waals surface area contributed by atoms with E-state index in [1.54, 1.807) is 0 Å². The van der Waals surface area contributed by atoms with Crippen LogP contribution in [0.2, 0.25) is 0 Å². The molecule has 180 valence electrons. The third-order valence-electron chi connectivity index (χ3n) is 7.33. The number of aliphatic hydroxyl groups is 1. The van der Waals surface area contributed by atoms with Crippen LogP contribution in [0.25, 0.3) is 0 Å². The van der Waals surface area contributed by atoms with Crippen LogP contribution in [0.5, 0.6) is 0 Å². The molecule has 8 bridgehead atoms. The van der Waals surface area contributed by atoms with Gasteiger partial charge in [-0.3, -0.25) is 5.43 Å². The van der Waals surface area contributed by atoms with Crippen LogP contribution in [0.15, 0.2) is 107 Å². The summed E-state index contributed by atoms with van der Waals surface area (Å²) in [5.41, 5.74) is 20.1. The molecule has 0 fully saturated rings. The fourth-order valence-corrected chi connectivity index (χ4v) is 5.45. The fourth-order valence-electron chi connectivity index (χ4n) is 5.45. The number of hydrazine groups is 1. The summed E-state index contributed by atoms with van der Waals surface area (Å²) in [6, 6.07) is 0. The van der Waals surface area contributed by atoms with E-state index < -0.39 is 0 Å². The lowest BCUT2D eigenvalue weighted by atomic mass is 9.96. The second-order valence-corrected chi connectivity index (χ2v) is 9.23. The minimum absolute atomic E-state index is 0.136. The molecular formula is C29H33N5O. The standard InChI is InChI=1S/C29H33N5O/c1-7-18-15(5)22-11-17-12-27(34-33-17)29(35)28-16(6)19(8-2)24(32-28)14-26-21(10-4)20(9-3)25(31-26)13-23(18)30-22/h11-14,33-35H,7-10H2,1-6H3. The number of rotatable bonds is 4. The van der Waals surface area contributed by atoms with Crippen molar-refractivity contribution in [3.63, 3.8) is 0 Å². The van der Waals surface area contributed by atoms with Crippen LogP contribution < -0.4 is 10.9 Å². The van der Waals surface area contributed by atoms with Gasteiger partial charge in [-0.25, -0.2) is 15.0 Å². The first-order chi connectivity index (χ1) is 16.9. The van der Waals surface area contributed by atoms with Crippen LogP contribution in [0, 0.1) is 0 Å². The molecule has 5 heterocycles. The average Bonchev–Trinajstić information content (AvgIpc) is 3.58. The Morgan fingerprint density at radius 1 is 0.629 bits per heavy atom. The van der Waals surface area contributed by atoms with Crippen molar-refractivity contribution in [3.8, 4) is 0 Å². The molecule has 0 saturated heterocycles. The Bertz CT molecular complexity index is 1380. The number of aliphatic hydroxyl groups excluding tert-OH is 1. The lowest BCUT2D eigenvalue weighted by molar-refractivity contribution is 0.433. The lowest BCUT2D eigenvalue weighted by Gasteiger charge is -2.06. The van der Waals surface area contributed by atoms with Crippen molar-refractivity contribution >= 4 is 17.1 Å². The molecule has 0 aliphatic carbocycles. The SMILES string of the molecule is CCC1=C(C)C2=NC1=CC1=NC(=CC3=NC(=CC4=CC(=C2O)NN4)C(C)=C3CC)C(CC)=C1CC. The topological polar surface area (TPSA) is 81.4 Å². The second-order valence-electron chi connectivity index (χ2n) is 9.23. The van der Waals surface area contributed by atoms with E-state index in [0.717, 1.165) is 71.0 Å². The fraction of sp³-hybridized carbons (Fsp3) is 0.345. The molecule has 6 heteroatoms. The van der Waals surface area contributed by atoms with Crippen LogP contribution in [0.4, 0.5) is 0 Å². The maximum atomic E-state index is 11.2. The Labute approximate surface area is 207 Å². The van der Waals surface area contributed by atoms with Gasteiger partial charge in [0.05, 0.1) is 34.2 Å². The van der Waals surface area contributed by atoms with Crippen LogP contribution in [0.1, 0.15) is 67.2 Å². The predicted octanol–water partition coefficient (Wildman–Crippen LogP) is 6.35. The van der Waals surface area contributed by atoms with E-state index in [4.69, 9.17) is 15.0 Å². The van der Waals surface area contributed by atoms with Gasteiger partial charge < -0.3 is 10.5 Å². The van der Waals surface area contributed by atoms with Crippen molar-refractivity contribution in [1.82, 2.24) is 10.9 Å². The largest absolute Gasteiger partial charge is 0.504 e. The zero-order valence-electron chi connectivity index (χ0n) is 21.4. The molecule has 0 aromatic rings. The maximum absolute atomic E-state index is 11.2. The third kappa shape index (κ3) is 3.68. The smallest absolute Gasteiger partial charge is 0.166 e. The first-order valence-corrected chi connectivity index (χ1v) is 12.6. The molecule has 5 aliphatic rings. The van der Waals surface area contributed by atoms with Gasteiger partial charge >= 0.3 is 0 Å². The van der Waals surface area contributed by atoms with Gasteiger partial charge in [0, 0.05) is 0 Å². The molecule has 0 spiro atoms. The normalized spacial score (nSPS) is 21.5. The van der Waals surface area contributed by atoms with E-state index in [1.165, 1.54) is 22.3 Å². The number of hydrogen-bond donors (Lipinski definition) is 3. The molecule has 5 aliphatic heterocycles. The van der Waals surface area contributed by atoms with Crippen molar-refractivity contribution in [1.29, 1.82) is 0 Å². The molecule has 35 heavy (non-hydrogen) atoms.